The number of ether oxygens (including phenoxy) is 2. The van der Waals surface area contributed by atoms with Crippen LogP contribution in [0.5, 0.6) is 0 Å². The zero-order chi connectivity index (χ0) is 14.5. The van der Waals surface area contributed by atoms with Crippen molar-refractivity contribution >= 4 is 11.0 Å². The van der Waals surface area contributed by atoms with E-state index in [0.717, 1.165) is 32.5 Å². The molecule has 0 aromatic rings. The Morgan fingerprint density at radius 1 is 1.26 bits per heavy atom. The molecule has 1 unspecified atom stereocenters. The van der Waals surface area contributed by atoms with Gasteiger partial charge in [-0.05, 0) is 46.0 Å². The zero-order valence-corrected chi connectivity index (χ0v) is 13.7. The van der Waals surface area contributed by atoms with E-state index in [-0.39, 0.29) is 17.1 Å². The summed E-state index contributed by atoms with van der Waals surface area (Å²) < 4.78 is 26.3. The molecule has 1 rings (SSSR count). The van der Waals surface area contributed by atoms with Crippen molar-refractivity contribution in [1.82, 2.24) is 4.72 Å². The third kappa shape index (κ3) is 6.34. The molecule has 4 nitrogen and oxygen atoms in total. The summed E-state index contributed by atoms with van der Waals surface area (Å²) in [6.45, 7) is 11.8. The van der Waals surface area contributed by atoms with Crippen LogP contribution in [0.1, 0.15) is 53.9 Å². The Hall–Kier alpha value is 0.0300. The van der Waals surface area contributed by atoms with E-state index in [4.69, 9.17) is 9.47 Å². The number of nitrogens with one attached hydrogen (secondary N) is 1. The van der Waals surface area contributed by atoms with E-state index in [1.165, 1.54) is 0 Å². The molecule has 1 aliphatic heterocycles. The monoisotopic (exact) mass is 291 g/mol. The van der Waals surface area contributed by atoms with Crippen LogP contribution in [0.15, 0.2) is 0 Å². The predicted octanol–water partition coefficient (Wildman–Crippen LogP) is 2.61. The molecule has 2 atom stereocenters. The molecule has 5 heteroatoms. The van der Waals surface area contributed by atoms with E-state index in [1.54, 1.807) is 0 Å². The minimum atomic E-state index is -1.03. The molecule has 1 N–H and O–H groups in total. The predicted molar refractivity (Wildman–Crippen MR) is 79.2 cm³/mol. The Morgan fingerprint density at radius 2 is 1.84 bits per heavy atom. The van der Waals surface area contributed by atoms with Gasteiger partial charge in [-0.1, -0.05) is 13.8 Å². The first-order valence-electron chi connectivity index (χ1n) is 7.22. The van der Waals surface area contributed by atoms with Crippen LogP contribution in [0.25, 0.3) is 0 Å². The van der Waals surface area contributed by atoms with Crippen molar-refractivity contribution in [3.05, 3.63) is 0 Å². The lowest BCUT2D eigenvalue weighted by atomic mass is 10.0. The van der Waals surface area contributed by atoms with Crippen LogP contribution in [-0.2, 0) is 20.5 Å². The Kier molecular flexibility index (Phi) is 6.94. The topological polar surface area (TPSA) is 47.6 Å². The second-order valence-corrected chi connectivity index (χ2v) is 8.45. The van der Waals surface area contributed by atoms with Gasteiger partial charge in [-0.15, -0.1) is 0 Å². The van der Waals surface area contributed by atoms with Crippen molar-refractivity contribution in [1.29, 1.82) is 0 Å². The van der Waals surface area contributed by atoms with Gasteiger partial charge in [0.2, 0.25) is 0 Å². The highest BCUT2D eigenvalue weighted by Crippen LogP contribution is 2.18. The van der Waals surface area contributed by atoms with Crippen LogP contribution in [0.4, 0.5) is 0 Å². The summed E-state index contributed by atoms with van der Waals surface area (Å²) in [5.74, 6) is 0.440. The molecule has 1 heterocycles. The van der Waals surface area contributed by atoms with E-state index in [1.807, 2.05) is 20.8 Å². The van der Waals surface area contributed by atoms with Gasteiger partial charge in [0.1, 0.15) is 0 Å². The van der Waals surface area contributed by atoms with Crippen LogP contribution in [0.2, 0.25) is 0 Å². The van der Waals surface area contributed by atoms with Gasteiger partial charge in [0.15, 0.2) is 6.29 Å². The first kappa shape index (κ1) is 17.1. The fraction of sp³-hybridized carbons (Fsp3) is 1.00. The molecule has 0 radical (unpaired) electrons. The molecule has 0 bridgehead atoms. The molecule has 0 aliphatic carbocycles. The molecule has 114 valence electrons. The van der Waals surface area contributed by atoms with Gasteiger partial charge in [0, 0.05) is 6.04 Å². The molecule has 0 amide bonds. The first-order chi connectivity index (χ1) is 8.80. The van der Waals surface area contributed by atoms with Crippen molar-refractivity contribution in [3.63, 3.8) is 0 Å². The van der Waals surface area contributed by atoms with Gasteiger partial charge in [0.05, 0.1) is 28.9 Å². The maximum Gasteiger partial charge on any atom is 0.157 e. The molecule has 0 saturated carbocycles. The summed E-state index contributed by atoms with van der Waals surface area (Å²) in [5, 5.41) is 0. The summed E-state index contributed by atoms with van der Waals surface area (Å²) in [5.41, 5.74) is 0. The number of rotatable bonds is 6. The van der Waals surface area contributed by atoms with Crippen molar-refractivity contribution < 1.29 is 13.7 Å². The molecule has 1 fully saturated rings. The standard InChI is InChI=1S/C14H29NO3S/c1-11(2)12(15-19(16)14(3,4)5)7-8-13-17-9-6-10-18-13/h11-13,15H,6-10H2,1-5H3/t12-,19?/m1/s1. The first-order valence-corrected chi connectivity index (χ1v) is 8.37. The maximum absolute atomic E-state index is 12.2. The van der Waals surface area contributed by atoms with E-state index < -0.39 is 11.0 Å². The lowest BCUT2D eigenvalue weighted by Crippen LogP contribution is -2.43. The fourth-order valence-corrected chi connectivity index (χ4v) is 2.88. The zero-order valence-electron chi connectivity index (χ0n) is 12.9. The highest BCUT2D eigenvalue weighted by molar-refractivity contribution is 7.84. The summed E-state index contributed by atoms with van der Waals surface area (Å²) in [6.07, 6.45) is 2.68. The van der Waals surface area contributed by atoms with E-state index in [2.05, 4.69) is 18.6 Å². The van der Waals surface area contributed by atoms with Crippen LogP contribution in [0, 0.1) is 5.92 Å². The average Bonchev–Trinajstić information content (AvgIpc) is 2.33. The summed E-state index contributed by atoms with van der Waals surface area (Å²) in [4.78, 5) is 0. The lowest BCUT2D eigenvalue weighted by molar-refractivity contribution is -0.182. The minimum Gasteiger partial charge on any atom is -0.353 e. The van der Waals surface area contributed by atoms with Crippen molar-refractivity contribution in [2.45, 2.75) is 71.0 Å². The van der Waals surface area contributed by atoms with E-state index in [0.29, 0.717) is 5.92 Å². The summed E-state index contributed by atoms with van der Waals surface area (Å²) >= 11 is 0. The maximum atomic E-state index is 12.2. The highest BCUT2D eigenvalue weighted by Gasteiger charge is 2.25. The molecule has 1 saturated heterocycles. The SMILES string of the molecule is CC(C)[C@@H](CCC1OCCCO1)NS(=O)C(C)(C)C. The summed E-state index contributed by atoms with van der Waals surface area (Å²) in [6, 6.07) is 0.231. The number of hydrogen-bond donors (Lipinski definition) is 1. The van der Waals surface area contributed by atoms with Gasteiger partial charge < -0.3 is 9.47 Å². The van der Waals surface area contributed by atoms with E-state index >= 15 is 0 Å². The van der Waals surface area contributed by atoms with E-state index in [9.17, 15) is 4.21 Å². The minimum absolute atomic E-state index is 0.0835. The van der Waals surface area contributed by atoms with Crippen LogP contribution >= 0.6 is 0 Å². The van der Waals surface area contributed by atoms with Crippen molar-refractivity contribution in [2.75, 3.05) is 13.2 Å². The largest absolute Gasteiger partial charge is 0.353 e. The number of hydrogen-bond acceptors (Lipinski definition) is 3. The third-order valence-electron chi connectivity index (χ3n) is 3.23. The molecular formula is C14H29NO3S. The molecule has 0 aromatic heterocycles. The Morgan fingerprint density at radius 3 is 2.32 bits per heavy atom. The molecule has 19 heavy (non-hydrogen) atoms. The fourth-order valence-electron chi connectivity index (χ4n) is 1.86. The normalized spacial score (nSPS) is 21.6. The van der Waals surface area contributed by atoms with Crippen molar-refractivity contribution in [2.24, 2.45) is 5.92 Å². The Labute approximate surface area is 120 Å². The van der Waals surface area contributed by atoms with Gasteiger partial charge in [-0.25, -0.2) is 8.93 Å². The van der Waals surface area contributed by atoms with Gasteiger partial charge >= 0.3 is 0 Å². The molecule has 0 aromatic carbocycles. The Bertz CT molecular complexity index is 283. The van der Waals surface area contributed by atoms with Crippen LogP contribution < -0.4 is 4.72 Å². The quantitative estimate of drug-likeness (QED) is 0.818. The smallest absolute Gasteiger partial charge is 0.157 e. The van der Waals surface area contributed by atoms with Crippen LogP contribution in [-0.4, -0.2) is 34.5 Å². The van der Waals surface area contributed by atoms with Gasteiger partial charge in [0.25, 0.3) is 0 Å². The second kappa shape index (κ2) is 7.72. The summed E-state index contributed by atoms with van der Waals surface area (Å²) in [7, 11) is -1.03. The second-order valence-electron chi connectivity index (χ2n) is 6.45. The van der Waals surface area contributed by atoms with Gasteiger partial charge in [-0.3, -0.25) is 0 Å². The van der Waals surface area contributed by atoms with Crippen molar-refractivity contribution in [3.8, 4) is 0 Å². The third-order valence-corrected chi connectivity index (χ3v) is 4.86. The molecule has 0 spiro atoms. The molecular weight excluding hydrogens is 262 g/mol. The lowest BCUT2D eigenvalue weighted by Gasteiger charge is -2.29. The van der Waals surface area contributed by atoms with Gasteiger partial charge in [-0.2, -0.15) is 0 Å². The average molecular weight is 291 g/mol. The Balaban J connectivity index is 2.42. The molecule has 1 aliphatic rings. The van der Waals surface area contributed by atoms with Crippen LogP contribution in [0.3, 0.4) is 0 Å². The highest BCUT2D eigenvalue weighted by atomic mass is 32.2.